The molecule has 75 heavy (non-hydrogen) atoms. The van der Waals surface area contributed by atoms with Crippen LogP contribution in [-0.2, 0) is 28.8 Å². The lowest BCUT2D eigenvalue weighted by atomic mass is 9.96. The van der Waals surface area contributed by atoms with Crippen molar-refractivity contribution in [2.75, 3.05) is 25.0 Å². The van der Waals surface area contributed by atoms with E-state index in [0.29, 0.717) is 24.0 Å². The number of carbonyl (C=O) groups excluding carboxylic acids is 6. The first-order valence-corrected chi connectivity index (χ1v) is 25.2. The Labute approximate surface area is 433 Å². The largest absolute Gasteiger partial charge is 0.508 e. The molecule has 3 aromatic rings. The minimum Gasteiger partial charge on any atom is -0.508 e. The molecule has 14 N–H and O–H groups in total. The molecule has 0 bridgehead atoms. The summed E-state index contributed by atoms with van der Waals surface area (Å²) in [7, 11) is 0. The van der Waals surface area contributed by atoms with Crippen molar-refractivity contribution in [2.24, 2.45) is 11.8 Å². The Balaban J connectivity index is 1.35. The number of anilines is 1. The van der Waals surface area contributed by atoms with Crippen LogP contribution in [0.5, 0.6) is 11.5 Å². The molecule has 23 nitrogen and oxygen atoms in total. The fourth-order valence-electron chi connectivity index (χ4n) is 9.47. The van der Waals surface area contributed by atoms with Crippen LogP contribution in [0.4, 0.5) is 5.69 Å². The van der Waals surface area contributed by atoms with Crippen molar-refractivity contribution < 1.29 is 79.5 Å². The van der Waals surface area contributed by atoms with Gasteiger partial charge in [0.05, 0.1) is 31.0 Å². The van der Waals surface area contributed by atoms with Gasteiger partial charge in [0.15, 0.2) is 6.23 Å². The third-order valence-electron chi connectivity index (χ3n) is 14.2. The number of ether oxygens (including phenoxy) is 1. The predicted molar refractivity (Wildman–Crippen MR) is 269 cm³/mol. The quantitative estimate of drug-likeness (QED) is 0.0910. The van der Waals surface area contributed by atoms with E-state index in [-0.39, 0.29) is 17.9 Å². The van der Waals surface area contributed by atoms with Crippen molar-refractivity contribution in [1.82, 2.24) is 31.1 Å². The second-order valence-electron chi connectivity index (χ2n) is 19.8. The van der Waals surface area contributed by atoms with E-state index in [4.69, 9.17) is 4.74 Å². The molecule has 15 atom stereocenters. The van der Waals surface area contributed by atoms with Crippen LogP contribution in [0.15, 0.2) is 72.8 Å². The van der Waals surface area contributed by atoms with Gasteiger partial charge in [0.1, 0.15) is 66.1 Å². The van der Waals surface area contributed by atoms with Gasteiger partial charge in [-0.2, -0.15) is 0 Å². The Hall–Kier alpha value is -6.44. The van der Waals surface area contributed by atoms with Gasteiger partial charge in [-0.05, 0) is 72.9 Å². The fourth-order valence-corrected chi connectivity index (χ4v) is 9.47. The van der Waals surface area contributed by atoms with Gasteiger partial charge in [-0.15, -0.1) is 0 Å². The number of amides is 6. The Morgan fingerprint density at radius 3 is 1.77 bits per heavy atom. The summed E-state index contributed by atoms with van der Waals surface area (Å²) in [6.07, 6.45) is -14.0. The number of carbonyl (C=O) groups is 6. The van der Waals surface area contributed by atoms with Crippen LogP contribution >= 0.6 is 0 Å². The Kier molecular flexibility index (Phi) is 19.6. The summed E-state index contributed by atoms with van der Waals surface area (Å²) >= 11 is 0. The fraction of sp³-hybridized carbons (Fsp3) is 0.538. The molecular weight excluding hydrogens is 979 g/mol. The summed E-state index contributed by atoms with van der Waals surface area (Å²) in [6.45, 7) is 7.70. The molecule has 23 heteroatoms. The molecule has 3 aliphatic rings. The predicted octanol–water partition coefficient (Wildman–Crippen LogP) is -1.67. The molecule has 3 heterocycles. The maximum Gasteiger partial charge on any atom is 0.248 e. The number of phenols is 1. The molecule has 6 amide bonds. The van der Waals surface area contributed by atoms with Crippen molar-refractivity contribution in [3.63, 3.8) is 0 Å². The number of rotatable bonds is 13. The highest BCUT2D eigenvalue weighted by molar-refractivity contribution is 5.98. The van der Waals surface area contributed by atoms with Gasteiger partial charge in [0.25, 0.3) is 0 Å². The van der Waals surface area contributed by atoms with Crippen molar-refractivity contribution >= 4 is 41.1 Å². The van der Waals surface area contributed by atoms with E-state index in [0.717, 1.165) is 47.6 Å². The van der Waals surface area contributed by atoms with Crippen LogP contribution in [0.3, 0.4) is 0 Å². The average molecular weight is 1050 g/mol. The lowest BCUT2D eigenvalue weighted by Crippen LogP contribution is -2.64. The summed E-state index contributed by atoms with van der Waals surface area (Å²) in [5, 5.41) is 112. The Bertz CT molecular complexity index is 2440. The van der Waals surface area contributed by atoms with Gasteiger partial charge in [0, 0.05) is 37.5 Å². The molecular formula is C52H71N7O16. The van der Waals surface area contributed by atoms with E-state index in [1.165, 1.54) is 31.2 Å². The molecule has 0 aliphatic carbocycles. The highest BCUT2D eigenvalue weighted by atomic mass is 16.5. The van der Waals surface area contributed by atoms with E-state index in [1.807, 2.05) is 24.3 Å². The highest BCUT2D eigenvalue weighted by Gasteiger charge is 2.50. The first-order valence-electron chi connectivity index (χ1n) is 25.2. The standard InChI is InChI=1S/C52H71N7O16/c1-6-28(7-2)24-75-35-18-12-30(13-19-35)29-8-14-32(15-9-29)53-36-21-38(64)48(70)57-50(72)42-43(65)25(3)22-59(42)52(74)40(27(5)61)55-49(71)41(45(67)44(66)31-10-16-33(62)17-11-31)56-47(69)37-20-34(63)23-58(37)51(73)39(26(4)60)54-46(36)68/h8-19,25-28,34,36-45,48,53,60-67,70H,6-7,20-24H2,1-5H3,(H,54,68)(H,55,71)(H,56,69)(H,57,72). The Morgan fingerprint density at radius 2 is 1.20 bits per heavy atom. The number of phenolic OH excluding ortho intramolecular Hbond substituents is 1. The maximum atomic E-state index is 14.4. The summed E-state index contributed by atoms with van der Waals surface area (Å²) in [6, 6.07) is 7.93. The van der Waals surface area contributed by atoms with Crippen LogP contribution in [0, 0.1) is 11.8 Å². The molecule has 3 aromatic carbocycles. The molecule has 3 saturated heterocycles. The van der Waals surface area contributed by atoms with Crippen molar-refractivity contribution in [3.05, 3.63) is 78.4 Å². The number of fused-ring (bicyclic) bond motifs is 2. The summed E-state index contributed by atoms with van der Waals surface area (Å²) < 4.78 is 5.97. The van der Waals surface area contributed by atoms with Gasteiger partial charge in [0.2, 0.25) is 35.4 Å². The van der Waals surface area contributed by atoms with E-state index < -0.39 is 146 Å². The number of aromatic hydroxyl groups is 1. The molecule has 0 saturated carbocycles. The molecule has 0 aromatic heterocycles. The van der Waals surface area contributed by atoms with Gasteiger partial charge in [-0.1, -0.05) is 70.0 Å². The molecule has 410 valence electrons. The normalized spacial score (nSPS) is 29.2. The Morgan fingerprint density at radius 1 is 0.653 bits per heavy atom. The van der Waals surface area contributed by atoms with Crippen molar-refractivity contribution in [1.29, 1.82) is 0 Å². The molecule has 3 aliphatic heterocycles. The third-order valence-corrected chi connectivity index (χ3v) is 14.2. The second kappa shape index (κ2) is 25.4. The van der Waals surface area contributed by atoms with Gasteiger partial charge >= 0.3 is 0 Å². The minimum atomic E-state index is -2.26. The van der Waals surface area contributed by atoms with Crippen LogP contribution in [0.25, 0.3) is 11.1 Å². The van der Waals surface area contributed by atoms with E-state index >= 15 is 0 Å². The number of hydrogen-bond acceptors (Lipinski definition) is 17. The lowest BCUT2D eigenvalue weighted by molar-refractivity contribution is -0.148. The van der Waals surface area contributed by atoms with Crippen molar-refractivity contribution in [3.8, 4) is 22.6 Å². The van der Waals surface area contributed by atoms with E-state index in [1.54, 1.807) is 24.3 Å². The second-order valence-corrected chi connectivity index (χ2v) is 19.8. The van der Waals surface area contributed by atoms with Crippen molar-refractivity contribution in [2.45, 2.75) is 146 Å². The minimum absolute atomic E-state index is 0.0536. The zero-order valence-corrected chi connectivity index (χ0v) is 42.4. The van der Waals surface area contributed by atoms with Gasteiger partial charge in [-0.25, -0.2) is 0 Å². The SMILES string of the molecule is CCC(CC)COc1ccc(-c2ccc(NC3CC(O)C(O)NC(=O)C4C(O)C(C)CN4C(=O)C(C(C)O)NC(=O)C(C(O)C(O)c4ccc(O)cc4)NC(=O)C4CC(O)CN4C(=O)C(C(C)O)NC3=O)cc2)cc1. The van der Waals surface area contributed by atoms with Crippen LogP contribution < -0.4 is 31.3 Å². The number of hydrogen-bond donors (Lipinski definition) is 14. The first-order chi connectivity index (χ1) is 35.5. The molecule has 6 rings (SSSR count). The number of nitrogens with zero attached hydrogens (tertiary/aromatic N) is 2. The monoisotopic (exact) mass is 1050 g/mol. The smallest absolute Gasteiger partial charge is 0.248 e. The van der Waals surface area contributed by atoms with Gasteiger partial charge < -0.3 is 87.1 Å². The average Bonchev–Trinajstić information content (AvgIpc) is 3.93. The van der Waals surface area contributed by atoms with Crippen LogP contribution in [0.1, 0.15) is 72.0 Å². The molecule has 0 radical (unpaired) electrons. The third kappa shape index (κ3) is 13.9. The zero-order valence-electron chi connectivity index (χ0n) is 42.4. The van der Waals surface area contributed by atoms with Crippen LogP contribution in [0.2, 0.25) is 0 Å². The summed E-state index contributed by atoms with van der Waals surface area (Å²) in [5.41, 5.74) is 1.86. The number of aliphatic hydroxyl groups excluding tert-OH is 8. The molecule has 0 spiro atoms. The van der Waals surface area contributed by atoms with Gasteiger partial charge in [-0.3, -0.25) is 28.8 Å². The number of nitrogens with one attached hydrogen (secondary N) is 5. The van der Waals surface area contributed by atoms with E-state index in [9.17, 15) is 74.7 Å². The lowest BCUT2D eigenvalue weighted by Gasteiger charge is -2.34. The number of benzene rings is 3. The van der Waals surface area contributed by atoms with E-state index in [2.05, 4.69) is 40.4 Å². The highest BCUT2D eigenvalue weighted by Crippen LogP contribution is 2.29. The zero-order chi connectivity index (χ0) is 55.0. The maximum absolute atomic E-state index is 14.4. The number of aliphatic hydroxyl groups is 8. The molecule has 15 unspecified atom stereocenters. The molecule has 3 fully saturated rings. The summed E-state index contributed by atoms with van der Waals surface area (Å²) in [4.78, 5) is 87.5. The topological polar surface area (TPSA) is 360 Å². The summed E-state index contributed by atoms with van der Waals surface area (Å²) in [5.74, 6) is -6.92. The first kappa shape index (κ1) is 57.8. The van der Waals surface area contributed by atoms with Crippen LogP contribution in [-0.4, -0.2) is 190 Å².